The van der Waals surface area contributed by atoms with Gasteiger partial charge >= 0.3 is 0 Å². The van der Waals surface area contributed by atoms with Crippen LogP contribution >= 0.6 is 27.7 Å². The summed E-state index contributed by atoms with van der Waals surface area (Å²) in [6, 6.07) is 13.2. The van der Waals surface area contributed by atoms with Crippen molar-refractivity contribution in [2.24, 2.45) is 0 Å². The van der Waals surface area contributed by atoms with E-state index in [2.05, 4.69) is 31.1 Å². The number of thioether (sulfide) groups is 1. The largest absolute Gasteiger partial charge is 0.496 e. The first-order chi connectivity index (χ1) is 15.1. The van der Waals surface area contributed by atoms with Crippen molar-refractivity contribution in [2.45, 2.75) is 31.7 Å². The lowest BCUT2D eigenvalue weighted by molar-refractivity contribution is -0.120. The number of rotatable bonds is 5. The molecule has 0 radical (unpaired) electrons. The third-order valence-electron chi connectivity index (χ3n) is 4.81. The number of aromatic nitrogens is 3. The van der Waals surface area contributed by atoms with Crippen molar-refractivity contribution in [3.05, 3.63) is 52.5 Å². The number of hydrogen-bond acceptors (Lipinski definition) is 7. The van der Waals surface area contributed by atoms with Crippen molar-refractivity contribution < 1.29 is 14.3 Å². The number of amides is 1. The van der Waals surface area contributed by atoms with Gasteiger partial charge in [0.2, 0.25) is 23.2 Å². The molecule has 0 bridgehead atoms. The van der Waals surface area contributed by atoms with Gasteiger partial charge in [0.15, 0.2) is 5.69 Å². The maximum atomic E-state index is 13.2. The van der Waals surface area contributed by atoms with Crippen molar-refractivity contribution >= 4 is 39.3 Å². The fourth-order valence-corrected chi connectivity index (χ4v) is 4.33. The zero-order valence-corrected chi connectivity index (χ0v) is 19.7. The topological polar surface area (TPSA) is 77.4 Å². The monoisotopic (exact) mass is 500 g/mol. The molecule has 3 aromatic rings. The summed E-state index contributed by atoms with van der Waals surface area (Å²) in [5.41, 5.74) is 2.63. The molecule has 31 heavy (non-hydrogen) atoms. The molecule has 1 atom stereocenters. The van der Waals surface area contributed by atoms with Crippen LogP contribution < -0.4 is 14.4 Å². The normalized spacial score (nSPS) is 14.8. The summed E-state index contributed by atoms with van der Waals surface area (Å²) in [4.78, 5) is 19.5. The zero-order chi connectivity index (χ0) is 22.0. The van der Waals surface area contributed by atoms with E-state index in [1.54, 1.807) is 12.0 Å². The molecule has 1 aliphatic heterocycles. The second-order valence-electron chi connectivity index (χ2n) is 6.67. The van der Waals surface area contributed by atoms with Crippen LogP contribution in [0.2, 0.25) is 0 Å². The number of anilines is 1. The Balaban J connectivity index is 1.99. The van der Waals surface area contributed by atoms with Gasteiger partial charge in [-0.1, -0.05) is 59.7 Å². The van der Waals surface area contributed by atoms with E-state index in [1.807, 2.05) is 56.3 Å². The molecule has 4 rings (SSSR count). The van der Waals surface area contributed by atoms with Gasteiger partial charge in [-0.2, -0.15) is 4.98 Å². The van der Waals surface area contributed by atoms with Gasteiger partial charge in [0.1, 0.15) is 5.75 Å². The predicted molar refractivity (Wildman–Crippen MR) is 124 cm³/mol. The molecule has 2 aromatic carbocycles. The third kappa shape index (κ3) is 4.12. The van der Waals surface area contributed by atoms with Crippen molar-refractivity contribution in [3.63, 3.8) is 0 Å². The van der Waals surface area contributed by atoms with Crippen LogP contribution in [0.15, 0.2) is 52.1 Å². The third-order valence-corrected chi connectivity index (χ3v) is 6.03. The molecule has 2 heterocycles. The van der Waals surface area contributed by atoms with Gasteiger partial charge in [-0.15, -0.1) is 10.2 Å². The summed E-state index contributed by atoms with van der Waals surface area (Å²) in [6.45, 7) is 3.85. The van der Waals surface area contributed by atoms with E-state index in [0.29, 0.717) is 40.2 Å². The van der Waals surface area contributed by atoms with E-state index in [9.17, 15) is 4.79 Å². The van der Waals surface area contributed by atoms with Crippen LogP contribution in [0, 0.1) is 0 Å². The summed E-state index contributed by atoms with van der Waals surface area (Å²) in [6.07, 6.45) is -0.491. The standard InChI is InChI=1S/C22H21BrN4O3S/c1-4-18(28)27-16-9-7-6-8-14(16)19-20(24-22(26-25-19)31-5-2)30-21(27)15-12-13(23)10-11-17(15)29-3/h6-12,21H,4-5H2,1-3H3/t21-/m1/s1. The highest BCUT2D eigenvalue weighted by Gasteiger charge is 2.36. The Labute approximate surface area is 193 Å². The molecule has 0 unspecified atom stereocenters. The summed E-state index contributed by atoms with van der Waals surface area (Å²) < 4.78 is 12.9. The van der Waals surface area contributed by atoms with Gasteiger partial charge in [0.25, 0.3) is 0 Å². The van der Waals surface area contributed by atoms with Gasteiger partial charge in [0.05, 0.1) is 18.4 Å². The molecule has 1 amide bonds. The van der Waals surface area contributed by atoms with Gasteiger partial charge in [0, 0.05) is 16.5 Å². The Bertz CT molecular complexity index is 1130. The Kier molecular flexibility index (Phi) is 6.43. The first kappa shape index (κ1) is 21.6. The van der Waals surface area contributed by atoms with E-state index in [1.165, 1.54) is 11.8 Å². The second-order valence-corrected chi connectivity index (χ2v) is 8.82. The van der Waals surface area contributed by atoms with Crippen molar-refractivity contribution in [3.8, 4) is 22.9 Å². The van der Waals surface area contributed by atoms with Gasteiger partial charge < -0.3 is 9.47 Å². The highest BCUT2D eigenvalue weighted by molar-refractivity contribution is 9.10. The smallest absolute Gasteiger partial charge is 0.247 e. The average Bonchev–Trinajstić information content (AvgIpc) is 2.93. The molecule has 1 aliphatic rings. The number of ether oxygens (including phenoxy) is 2. The Morgan fingerprint density at radius 1 is 1.23 bits per heavy atom. The molecule has 160 valence electrons. The summed E-state index contributed by atoms with van der Waals surface area (Å²) >= 11 is 5.00. The predicted octanol–water partition coefficient (Wildman–Crippen LogP) is 5.26. The second kappa shape index (κ2) is 9.23. The van der Waals surface area contributed by atoms with Gasteiger partial charge in [-0.25, -0.2) is 0 Å². The van der Waals surface area contributed by atoms with Crippen LogP contribution in [0.4, 0.5) is 5.69 Å². The lowest BCUT2D eigenvalue weighted by Gasteiger charge is -2.31. The number of halogens is 1. The highest BCUT2D eigenvalue weighted by Crippen LogP contribution is 2.45. The van der Waals surface area contributed by atoms with Crippen LogP contribution in [0.3, 0.4) is 0 Å². The molecular formula is C22H21BrN4O3S. The minimum absolute atomic E-state index is 0.0941. The molecule has 9 heteroatoms. The first-order valence-corrected chi connectivity index (χ1v) is 11.6. The maximum Gasteiger partial charge on any atom is 0.247 e. The number of carbonyl (C=O) groups is 1. The molecule has 0 saturated carbocycles. The minimum Gasteiger partial charge on any atom is -0.496 e. The lowest BCUT2D eigenvalue weighted by Crippen LogP contribution is -2.37. The molecule has 7 nitrogen and oxygen atoms in total. The minimum atomic E-state index is -0.793. The SMILES string of the molecule is CCSc1nnc2c(n1)O[C@H](c1cc(Br)ccc1OC)N(C(=O)CC)c1ccccc1-2. The maximum absolute atomic E-state index is 13.2. The molecule has 0 saturated heterocycles. The zero-order valence-electron chi connectivity index (χ0n) is 17.3. The summed E-state index contributed by atoms with van der Waals surface area (Å²) in [5.74, 6) is 1.65. The Morgan fingerprint density at radius 2 is 2.03 bits per heavy atom. The number of fused-ring (bicyclic) bond motifs is 3. The molecular weight excluding hydrogens is 480 g/mol. The highest BCUT2D eigenvalue weighted by atomic mass is 79.9. The number of carbonyl (C=O) groups excluding carboxylic acids is 1. The number of nitrogens with zero attached hydrogens (tertiary/aromatic N) is 4. The van der Waals surface area contributed by atoms with Crippen LogP contribution in [0.1, 0.15) is 32.1 Å². The number of methoxy groups -OCH3 is 1. The molecule has 0 aliphatic carbocycles. The summed E-state index contributed by atoms with van der Waals surface area (Å²) in [5, 5.41) is 9.18. The Morgan fingerprint density at radius 3 is 2.77 bits per heavy atom. The fourth-order valence-electron chi connectivity index (χ4n) is 3.44. The molecule has 0 fully saturated rings. The van der Waals surface area contributed by atoms with Crippen LogP contribution in [-0.2, 0) is 4.79 Å². The quantitative estimate of drug-likeness (QED) is 0.442. The average molecular weight is 501 g/mol. The summed E-state index contributed by atoms with van der Waals surface area (Å²) in [7, 11) is 1.59. The Hall–Kier alpha value is -2.65. The van der Waals surface area contributed by atoms with Crippen molar-refractivity contribution in [1.82, 2.24) is 15.2 Å². The van der Waals surface area contributed by atoms with E-state index < -0.39 is 6.23 Å². The van der Waals surface area contributed by atoms with E-state index >= 15 is 0 Å². The van der Waals surface area contributed by atoms with Crippen LogP contribution in [0.5, 0.6) is 11.6 Å². The van der Waals surface area contributed by atoms with E-state index in [4.69, 9.17) is 9.47 Å². The molecule has 0 N–H and O–H groups in total. The molecule has 0 spiro atoms. The first-order valence-electron chi connectivity index (χ1n) is 9.86. The van der Waals surface area contributed by atoms with Crippen molar-refractivity contribution in [1.29, 1.82) is 0 Å². The number of benzene rings is 2. The van der Waals surface area contributed by atoms with Crippen LogP contribution in [-0.4, -0.2) is 34.0 Å². The van der Waals surface area contributed by atoms with Gasteiger partial charge in [-0.3, -0.25) is 9.69 Å². The number of hydrogen-bond donors (Lipinski definition) is 0. The van der Waals surface area contributed by atoms with E-state index in [0.717, 1.165) is 15.8 Å². The van der Waals surface area contributed by atoms with Gasteiger partial charge in [-0.05, 0) is 30.0 Å². The van der Waals surface area contributed by atoms with Crippen LogP contribution in [0.25, 0.3) is 11.3 Å². The molecule has 1 aromatic heterocycles. The van der Waals surface area contributed by atoms with E-state index in [-0.39, 0.29) is 5.91 Å². The number of para-hydroxylation sites is 1. The lowest BCUT2D eigenvalue weighted by atomic mass is 10.1. The van der Waals surface area contributed by atoms with Crippen molar-refractivity contribution in [2.75, 3.05) is 17.8 Å². The fraction of sp³-hybridized carbons (Fsp3) is 0.273.